The zero-order chi connectivity index (χ0) is 16.2. The third kappa shape index (κ3) is 3.68. The maximum Gasteiger partial charge on any atom is 0.151 e. The lowest BCUT2D eigenvalue weighted by atomic mass is 9.99. The molecule has 1 aromatic heterocycles. The van der Waals surface area contributed by atoms with E-state index in [1.807, 2.05) is 24.0 Å². The Balaban J connectivity index is 1.46. The summed E-state index contributed by atoms with van der Waals surface area (Å²) in [4.78, 5) is 6.15. The number of rotatable bonds is 6. The summed E-state index contributed by atoms with van der Waals surface area (Å²) in [6, 6.07) is 9.11. The topological polar surface area (TPSA) is 45.6 Å². The summed E-state index contributed by atoms with van der Waals surface area (Å²) in [7, 11) is 0. The molecule has 1 aliphatic heterocycles. The molecule has 0 unspecified atom stereocenters. The number of hydrogen-bond acceptors (Lipinski definition) is 4. The van der Waals surface area contributed by atoms with Crippen LogP contribution in [0.25, 0.3) is 0 Å². The molecule has 0 saturated carbocycles. The number of halogens is 1. The molecule has 1 fully saturated rings. The van der Waals surface area contributed by atoms with Crippen molar-refractivity contribution in [2.45, 2.75) is 20.1 Å². The summed E-state index contributed by atoms with van der Waals surface area (Å²) < 4.78 is 19.9. The Bertz CT molecular complexity index is 672. The van der Waals surface area contributed by atoms with Crippen LogP contribution >= 0.6 is 0 Å². The predicted molar refractivity (Wildman–Crippen MR) is 86.7 cm³/mol. The van der Waals surface area contributed by atoms with Crippen molar-refractivity contribution < 1.29 is 14.2 Å². The molecule has 0 radical (unpaired) electrons. The highest BCUT2D eigenvalue weighted by atomic mass is 19.1. The number of hydrogen-bond donors (Lipinski definition) is 1. The summed E-state index contributed by atoms with van der Waals surface area (Å²) in [5.41, 5.74) is 3.02. The SMILES string of the molecule is Cc1cc(COCC2CN(c3cccc(CO)c3F)C2)ccn1. The molecular formula is C18H21FN2O2. The lowest BCUT2D eigenvalue weighted by molar-refractivity contribution is 0.0770. The molecular weight excluding hydrogens is 295 g/mol. The van der Waals surface area contributed by atoms with Gasteiger partial charge in [-0.05, 0) is 30.7 Å². The smallest absolute Gasteiger partial charge is 0.151 e. The first-order chi connectivity index (χ1) is 11.2. The lowest BCUT2D eigenvalue weighted by Gasteiger charge is -2.41. The van der Waals surface area contributed by atoms with Crippen LogP contribution in [0.15, 0.2) is 36.5 Å². The van der Waals surface area contributed by atoms with Gasteiger partial charge in [0.05, 0.1) is 25.5 Å². The van der Waals surface area contributed by atoms with Gasteiger partial charge in [-0.1, -0.05) is 12.1 Å². The minimum atomic E-state index is -0.318. The van der Waals surface area contributed by atoms with Gasteiger partial charge >= 0.3 is 0 Å². The zero-order valence-corrected chi connectivity index (χ0v) is 13.2. The molecule has 4 nitrogen and oxygen atoms in total. The Labute approximate surface area is 135 Å². The number of aliphatic hydroxyl groups is 1. The summed E-state index contributed by atoms with van der Waals surface area (Å²) in [6.07, 6.45) is 1.79. The van der Waals surface area contributed by atoms with Crippen molar-refractivity contribution in [2.75, 3.05) is 24.6 Å². The highest BCUT2D eigenvalue weighted by Crippen LogP contribution is 2.29. The average molecular weight is 316 g/mol. The number of aliphatic hydroxyl groups excluding tert-OH is 1. The van der Waals surface area contributed by atoms with E-state index in [1.165, 1.54) is 0 Å². The van der Waals surface area contributed by atoms with E-state index in [4.69, 9.17) is 9.84 Å². The zero-order valence-electron chi connectivity index (χ0n) is 13.2. The minimum absolute atomic E-state index is 0.272. The number of ether oxygens (including phenoxy) is 1. The van der Waals surface area contributed by atoms with Crippen LogP contribution in [0.5, 0.6) is 0 Å². The van der Waals surface area contributed by atoms with Gasteiger partial charge in [-0.15, -0.1) is 0 Å². The van der Waals surface area contributed by atoms with Crippen LogP contribution in [0.3, 0.4) is 0 Å². The van der Waals surface area contributed by atoms with Crippen LogP contribution in [-0.4, -0.2) is 29.8 Å². The van der Waals surface area contributed by atoms with Crippen molar-refractivity contribution in [3.63, 3.8) is 0 Å². The highest BCUT2D eigenvalue weighted by molar-refractivity contribution is 5.52. The third-order valence-electron chi connectivity index (χ3n) is 4.11. The number of aromatic nitrogens is 1. The number of aryl methyl sites for hydroxylation is 1. The van der Waals surface area contributed by atoms with Crippen LogP contribution in [0.1, 0.15) is 16.8 Å². The molecule has 0 bridgehead atoms. The first-order valence-corrected chi connectivity index (χ1v) is 7.80. The Kier molecular flexibility index (Phi) is 4.88. The van der Waals surface area contributed by atoms with E-state index in [2.05, 4.69) is 4.98 Å². The molecule has 3 rings (SSSR count). The van der Waals surface area contributed by atoms with E-state index in [-0.39, 0.29) is 12.4 Å². The fraction of sp³-hybridized carbons (Fsp3) is 0.389. The van der Waals surface area contributed by atoms with Gasteiger partial charge < -0.3 is 14.7 Å². The Morgan fingerprint density at radius 3 is 2.91 bits per heavy atom. The molecule has 0 aliphatic carbocycles. The van der Waals surface area contributed by atoms with Crippen LogP contribution in [-0.2, 0) is 18.0 Å². The maximum absolute atomic E-state index is 14.1. The average Bonchev–Trinajstić information content (AvgIpc) is 2.50. The first kappa shape index (κ1) is 15.9. The second-order valence-corrected chi connectivity index (χ2v) is 6.00. The van der Waals surface area contributed by atoms with Gasteiger partial charge in [0.1, 0.15) is 0 Å². The standard InChI is InChI=1S/C18H21FN2O2/c1-13-7-14(5-6-20-13)11-23-12-15-8-21(9-15)17-4-2-3-16(10-22)18(17)19/h2-7,15,22H,8-12H2,1H3. The molecule has 0 amide bonds. The Hall–Kier alpha value is -1.98. The summed E-state index contributed by atoms with van der Waals surface area (Å²) in [5.74, 6) is 0.0942. The minimum Gasteiger partial charge on any atom is -0.392 e. The van der Waals surface area contributed by atoms with Gasteiger partial charge in [0.15, 0.2) is 5.82 Å². The number of benzene rings is 1. The van der Waals surface area contributed by atoms with Crippen LogP contribution in [0.4, 0.5) is 10.1 Å². The molecule has 5 heteroatoms. The highest BCUT2D eigenvalue weighted by Gasteiger charge is 2.29. The molecule has 2 aromatic rings. The molecule has 1 saturated heterocycles. The quantitative estimate of drug-likeness (QED) is 0.890. The molecule has 1 aliphatic rings. The second kappa shape index (κ2) is 7.06. The van der Waals surface area contributed by atoms with Crippen molar-refractivity contribution in [2.24, 2.45) is 5.92 Å². The molecule has 2 heterocycles. The largest absolute Gasteiger partial charge is 0.392 e. The predicted octanol–water partition coefficient (Wildman–Crippen LogP) is 2.67. The van der Waals surface area contributed by atoms with E-state index in [0.29, 0.717) is 30.4 Å². The molecule has 1 N–H and O–H groups in total. The van der Waals surface area contributed by atoms with Crippen LogP contribution < -0.4 is 4.90 Å². The summed E-state index contributed by atoms with van der Waals surface area (Å²) in [5, 5.41) is 9.13. The Morgan fingerprint density at radius 2 is 2.17 bits per heavy atom. The summed E-state index contributed by atoms with van der Waals surface area (Å²) in [6.45, 7) is 4.49. The second-order valence-electron chi connectivity index (χ2n) is 6.00. The van der Waals surface area contributed by atoms with Crippen molar-refractivity contribution in [1.29, 1.82) is 0 Å². The molecule has 1 aromatic carbocycles. The fourth-order valence-corrected chi connectivity index (χ4v) is 2.84. The van der Waals surface area contributed by atoms with Crippen LogP contribution in [0.2, 0.25) is 0 Å². The Morgan fingerprint density at radius 1 is 1.35 bits per heavy atom. The monoisotopic (exact) mass is 316 g/mol. The van der Waals surface area contributed by atoms with E-state index in [1.54, 1.807) is 24.4 Å². The van der Waals surface area contributed by atoms with E-state index >= 15 is 0 Å². The van der Waals surface area contributed by atoms with Gasteiger partial charge in [-0.2, -0.15) is 0 Å². The van der Waals surface area contributed by atoms with Crippen LogP contribution in [0, 0.1) is 18.7 Å². The number of nitrogens with zero attached hydrogens (tertiary/aromatic N) is 2. The summed E-state index contributed by atoms with van der Waals surface area (Å²) >= 11 is 0. The van der Waals surface area contributed by atoms with Gasteiger partial charge in [0.2, 0.25) is 0 Å². The number of pyridine rings is 1. The van der Waals surface area contributed by atoms with Crippen molar-refractivity contribution >= 4 is 5.69 Å². The van der Waals surface area contributed by atoms with Crippen molar-refractivity contribution in [3.8, 4) is 0 Å². The van der Waals surface area contributed by atoms with Gasteiger partial charge in [0.25, 0.3) is 0 Å². The van der Waals surface area contributed by atoms with Crippen molar-refractivity contribution in [1.82, 2.24) is 4.98 Å². The first-order valence-electron chi connectivity index (χ1n) is 7.80. The van der Waals surface area contributed by atoms with E-state index < -0.39 is 0 Å². The molecule has 0 atom stereocenters. The molecule has 23 heavy (non-hydrogen) atoms. The fourth-order valence-electron chi connectivity index (χ4n) is 2.84. The van der Waals surface area contributed by atoms with Crippen molar-refractivity contribution in [3.05, 3.63) is 59.2 Å². The maximum atomic E-state index is 14.1. The molecule has 0 spiro atoms. The number of anilines is 1. The van der Waals surface area contributed by atoms with E-state index in [0.717, 1.165) is 24.3 Å². The van der Waals surface area contributed by atoms with Gasteiger partial charge in [-0.3, -0.25) is 4.98 Å². The van der Waals surface area contributed by atoms with Gasteiger partial charge in [0, 0.05) is 36.5 Å². The third-order valence-corrected chi connectivity index (χ3v) is 4.11. The lowest BCUT2D eigenvalue weighted by Crippen LogP contribution is -2.49. The van der Waals surface area contributed by atoms with Gasteiger partial charge in [-0.25, -0.2) is 4.39 Å². The van der Waals surface area contributed by atoms with E-state index in [9.17, 15) is 4.39 Å². The normalized spacial score (nSPS) is 14.8. The molecule has 122 valence electrons.